The fourth-order valence-electron chi connectivity index (χ4n) is 4.20. The number of rotatable bonds is 5. The number of anilines is 2. The molecule has 1 aliphatic carbocycles. The van der Waals surface area contributed by atoms with Crippen LogP contribution in [-0.4, -0.2) is 43.3 Å². The van der Waals surface area contributed by atoms with Crippen molar-refractivity contribution in [3.8, 4) is 0 Å². The second-order valence-electron chi connectivity index (χ2n) is 8.54. The van der Waals surface area contributed by atoms with Crippen LogP contribution in [0.4, 0.5) is 28.9 Å². The summed E-state index contributed by atoms with van der Waals surface area (Å²) in [5.41, 5.74) is 1.30. The zero-order valence-electron chi connectivity index (χ0n) is 19.4. The highest BCUT2D eigenvalue weighted by atomic mass is 19.4. The Labute approximate surface area is 206 Å². The van der Waals surface area contributed by atoms with Crippen LogP contribution in [0.2, 0.25) is 0 Å². The molecule has 0 unspecified atom stereocenters. The van der Waals surface area contributed by atoms with Crippen molar-refractivity contribution in [3.05, 3.63) is 95.0 Å². The van der Waals surface area contributed by atoms with Crippen molar-refractivity contribution < 1.29 is 27.2 Å². The van der Waals surface area contributed by atoms with E-state index < -0.39 is 29.2 Å². The number of carbonyl (C=O) groups excluding carboxylic acids is 2. The Hall–Kier alpha value is -3.88. The van der Waals surface area contributed by atoms with Gasteiger partial charge in [0.25, 0.3) is 5.91 Å². The summed E-state index contributed by atoms with van der Waals surface area (Å²) in [6.07, 6.45) is 5.59. The number of hydrogen-bond acceptors (Lipinski definition) is 4. The van der Waals surface area contributed by atoms with Crippen LogP contribution < -0.4 is 10.2 Å². The van der Waals surface area contributed by atoms with Gasteiger partial charge >= 0.3 is 6.18 Å². The first kappa shape index (κ1) is 25.2. The van der Waals surface area contributed by atoms with E-state index in [0.29, 0.717) is 30.2 Å². The first-order valence-electron chi connectivity index (χ1n) is 11.6. The Kier molecular flexibility index (Phi) is 7.57. The molecule has 2 aromatic carbocycles. The monoisotopic (exact) mass is 499 g/mol. The van der Waals surface area contributed by atoms with Crippen molar-refractivity contribution in [2.45, 2.75) is 19.0 Å². The van der Waals surface area contributed by atoms with Gasteiger partial charge in [-0.05, 0) is 67.5 Å². The molecule has 1 saturated heterocycles. The van der Waals surface area contributed by atoms with Crippen molar-refractivity contribution in [2.24, 2.45) is 0 Å². The van der Waals surface area contributed by atoms with Crippen LogP contribution in [0, 0.1) is 5.82 Å². The minimum atomic E-state index is -4.64. The lowest BCUT2D eigenvalue weighted by Crippen LogP contribution is -2.30. The van der Waals surface area contributed by atoms with Crippen molar-refractivity contribution in [3.63, 3.8) is 0 Å². The maximum atomic E-state index is 14.0. The summed E-state index contributed by atoms with van der Waals surface area (Å²) in [6, 6.07) is 8.59. The Morgan fingerprint density at radius 2 is 1.64 bits per heavy atom. The van der Waals surface area contributed by atoms with Gasteiger partial charge in [-0.15, -0.1) is 0 Å². The van der Waals surface area contributed by atoms with Crippen molar-refractivity contribution in [1.29, 1.82) is 0 Å². The van der Waals surface area contributed by atoms with Gasteiger partial charge < -0.3 is 15.1 Å². The smallest absolute Gasteiger partial charge is 0.370 e. The fraction of sp³-hybridized carbons (Fsp3) is 0.259. The number of benzene rings is 2. The lowest BCUT2D eigenvalue weighted by atomic mass is 10.1. The Bertz CT molecular complexity index is 1220. The molecular formula is C27H25F4N3O2. The number of nitrogens with one attached hydrogen (secondary N) is 1. The van der Waals surface area contributed by atoms with Gasteiger partial charge in [-0.2, -0.15) is 13.2 Å². The lowest BCUT2D eigenvalue weighted by molar-refractivity contribution is -0.137. The lowest BCUT2D eigenvalue weighted by Gasteiger charge is -2.25. The van der Waals surface area contributed by atoms with E-state index in [0.717, 1.165) is 50.3 Å². The quantitative estimate of drug-likeness (QED) is 0.431. The predicted molar refractivity (Wildman–Crippen MR) is 130 cm³/mol. The van der Waals surface area contributed by atoms with E-state index in [1.54, 1.807) is 24.3 Å². The maximum Gasteiger partial charge on any atom is 0.416 e. The van der Waals surface area contributed by atoms with Gasteiger partial charge in [-0.3, -0.25) is 9.59 Å². The average Bonchev–Trinajstić information content (AvgIpc) is 3.25. The van der Waals surface area contributed by atoms with E-state index in [4.69, 9.17) is 0 Å². The molecule has 1 N–H and O–H groups in total. The van der Waals surface area contributed by atoms with Gasteiger partial charge in [0.05, 0.1) is 11.3 Å². The molecule has 5 nitrogen and oxygen atoms in total. The number of allylic oxidation sites excluding steroid dienone is 5. The predicted octanol–water partition coefficient (Wildman–Crippen LogP) is 5.58. The van der Waals surface area contributed by atoms with Gasteiger partial charge in [0.2, 0.25) is 0 Å². The molecule has 0 saturated carbocycles. The van der Waals surface area contributed by atoms with Gasteiger partial charge in [0.1, 0.15) is 12.1 Å². The van der Waals surface area contributed by atoms with Crippen molar-refractivity contribution in [1.82, 2.24) is 4.90 Å². The normalized spacial score (nSPS) is 16.6. The maximum absolute atomic E-state index is 14.0. The molecule has 0 aromatic heterocycles. The summed E-state index contributed by atoms with van der Waals surface area (Å²) in [5.74, 6) is -1.64. The summed E-state index contributed by atoms with van der Waals surface area (Å²) in [4.78, 5) is 28.0. The molecule has 188 valence electrons. The van der Waals surface area contributed by atoms with Gasteiger partial charge in [-0.1, -0.05) is 12.2 Å². The largest absolute Gasteiger partial charge is 0.416 e. The molecule has 0 spiro atoms. The van der Waals surface area contributed by atoms with E-state index in [1.807, 2.05) is 18.2 Å². The van der Waals surface area contributed by atoms with Crippen LogP contribution in [0.5, 0.6) is 0 Å². The summed E-state index contributed by atoms with van der Waals surface area (Å²) in [6.45, 7) is 3.21. The van der Waals surface area contributed by atoms with Crippen LogP contribution in [0.1, 0.15) is 28.8 Å². The van der Waals surface area contributed by atoms with E-state index >= 15 is 0 Å². The first-order valence-corrected chi connectivity index (χ1v) is 11.6. The van der Waals surface area contributed by atoms with E-state index in [2.05, 4.69) is 21.2 Å². The van der Waals surface area contributed by atoms with Crippen LogP contribution in [0.15, 0.2) is 78.0 Å². The third-order valence-electron chi connectivity index (χ3n) is 6.16. The van der Waals surface area contributed by atoms with Gasteiger partial charge in [0, 0.05) is 48.7 Å². The Balaban J connectivity index is 1.39. The minimum absolute atomic E-state index is 0.208. The van der Waals surface area contributed by atoms with Gasteiger partial charge in [-0.25, -0.2) is 4.39 Å². The van der Waals surface area contributed by atoms with E-state index in [1.165, 1.54) is 0 Å². The Morgan fingerprint density at radius 3 is 2.36 bits per heavy atom. The number of alkyl halides is 3. The number of amides is 1. The molecule has 9 heteroatoms. The standard InChI is InChI=1S/C27H25F4N3O2/c28-24-12-8-21(27(29,30)31)17-25(24)32-26(36)20-6-10-23(11-7-20)34-14-2-13-33(15-16-34)22-4-1-3-19(18-35)5-9-22/h3-12,17-18H,1-2,13-16H2,(H,32,36). The van der Waals surface area contributed by atoms with Crippen LogP contribution in [0.3, 0.4) is 0 Å². The molecule has 0 bridgehead atoms. The summed E-state index contributed by atoms with van der Waals surface area (Å²) < 4.78 is 52.8. The van der Waals surface area contributed by atoms with Crippen LogP contribution in [0.25, 0.3) is 0 Å². The number of nitrogens with zero attached hydrogens (tertiary/aromatic N) is 2. The molecule has 2 aromatic rings. The number of aldehydes is 1. The van der Waals surface area contributed by atoms with Crippen LogP contribution >= 0.6 is 0 Å². The highest BCUT2D eigenvalue weighted by Gasteiger charge is 2.31. The fourth-order valence-corrected chi connectivity index (χ4v) is 4.20. The number of halogens is 4. The van der Waals surface area contributed by atoms with Crippen molar-refractivity contribution in [2.75, 3.05) is 36.4 Å². The highest BCUT2D eigenvalue weighted by molar-refractivity contribution is 6.04. The molecule has 0 atom stereocenters. The molecular weight excluding hydrogens is 474 g/mol. The van der Waals surface area contributed by atoms with E-state index in [9.17, 15) is 27.2 Å². The molecule has 1 aliphatic heterocycles. The molecule has 0 radical (unpaired) electrons. The zero-order valence-corrected chi connectivity index (χ0v) is 19.4. The number of hydrogen-bond donors (Lipinski definition) is 1. The minimum Gasteiger partial charge on any atom is -0.370 e. The van der Waals surface area contributed by atoms with Crippen LogP contribution in [-0.2, 0) is 11.0 Å². The van der Waals surface area contributed by atoms with E-state index in [-0.39, 0.29) is 5.56 Å². The molecule has 1 fully saturated rings. The summed E-state index contributed by atoms with van der Waals surface area (Å²) in [5, 5.41) is 2.23. The third-order valence-corrected chi connectivity index (χ3v) is 6.16. The first-order chi connectivity index (χ1) is 17.2. The third kappa shape index (κ3) is 6.02. The molecule has 1 heterocycles. The second kappa shape index (κ2) is 10.8. The topological polar surface area (TPSA) is 52.7 Å². The molecule has 4 rings (SSSR count). The summed E-state index contributed by atoms with van der Waals surface area (Å²) in [7, 11) is 0. The molecule has 2 aliphatic rings. The molecule has 1 amide bonds. The van der Waals surface area contributed by atoms with Gasteiger partial charge in [0.15, 0.2) is 0 Å². The SMILES string of the molecule is O=CC1=CCC=C(N2CCCN(c3ccc(C(=O)Nc4cc(C(F)(F)F)ccc4F)cc3)CC2)C=C1. The summed E-state index contributed by atoms with van der Waals surface area (Å²) >= 11 is 0. The van der Waals surface area contributed by atoms with Crippen molar-refractivity contribution >= 4 is 23.6 Å². The number of carbonyl (C=O) groups is 2. The highest BCUT2D eigenvalue weighted by Crippen LogP contribution is 2.32. The second-order valence-corrected chi connectivity index (χ2v) is 8.54. The average molecular weight is 500 g/mol. The molecule has 36 heavy (non-hydrogen) atoms. The zero-order chi connectivity index (χ0) is 25.7. The Morgan fingerprint density at radius 1 is 0.917 bits per heavy atom.